The first-order valence-corrected chi connectivity index (χ1v) is 7.59. The van der Waals surface area contributed by atoms with Gasteiger partial charge < -0.3 is 15.1 Å². The van der Waals surface area contributed by atoms with Crippen LogP contribution >= 0.6 is 0 Å². The summed E-state index contributed by atoms with van der Waals surface area (Å²) < 4.78 is 0. The molecule has 2 unspecified atom stereocenters. The highest BCUT2D eigenvalue weighted by atomic mass is 15.4. The fourth-order valence-corrected chi connectivity index (χ4v) is 3.33. The number of hydrogen-bond donors (Lipinski definition) is 1. The molecule has 2 heterocycles. The second-order valence-electron chi connectivity index (χ2n) is 6.04. The highest BCUT2D eigenvalue weighted by Crippen LogP contribution is 2.38. The molecule has 6 nitrogen and oxygen atoms in total. The van der Waals surface area contributed by atoms with Crippen molar-refractivity contribution in [3.8, 4) is 0 Å². The molecule has 110 valence electrons. The van der Waals surface area contributed by atoms with Crippen molar-refractivity contribution < 1.29 is 0 Å². The first-order valence-electron chi connectivity index (χ1n) is 7.59. The van der Waals surface area contributed by atoms with Crippen LogP contribution in [0, 0.1) is 11.8 Å². The van der Waals surface area contributed by atoms with Crippen molar-refractivity contribution in [2.75, 3.05) is 48.8 Å². The normalized spacial score (nSPS) is 24.9. The van der Waals surface area contributed by atoms with E-state index in [-0.39, 0.29) is 0 Å². The minimum Gasteiger partial charge on any atom is -0.354 e. The molecular weight excluding hydrogens is 252 g/mol. The predicted molar refractivity (Wildman–Crippen MR) is 81.4 cm³/mol. The summed E-state index contributed by atoms with van der Waals surface area (Å²) in [5.41, 5.74) is 0. The van der Waals surface area contributed by atoms with E-state index in [0.717, 1.165) is 43.4 Å². The predicted octanol–water partition coefficient (Wildman–Crippen LogP) is 1.61. The van der Waals surface area contributed by atoms with Gasteiger partial charge in [0.1, 0.15) is 0 Å². The lowest BCUT2D eigenvalue weighted by atomic mass is 10.0. The van der Waals surface area contributed by atoms with Crippen molar-refractivity contribution in [2.45, 2.75) is 26.2 Å². The standard InChI is InChI=1S/C14H24N6/c1-4-15-12-16-13(19(2)3)18-14(17-12)20-8-10-6-5-7-11(10)9-20/h10-11H,4-9H2,1-3H3,(H,15,16,17,18). The van der Waals surface area contributed by atoms with Gasteiger partial charge in [-0.1, -0.05) is 6.42 Å². The van der Waals surface area contributed by atoms with Gasteiger partial charge in [-0.15, -0.1) is 0 Å². The fraction of sp³-hybridized carbons (Fsp3) is 0.786. The van der Waals surface area contributed by atoms with Crippen LogP contribution in [0.15, 0.2) is 0 Å². The third-order valence-electron chi connectivity index (χ3n) is 4.36. The summed E-state index contributed by atoms with van der Waals surface area (Å²) in [6.07, 6.45) is 4.13. The summed E-state index contributed by atoms with van der Waals surface area (Å²) in [5, 5.41) is 3.20. The molecule has 2 aliphatic rings. The number of anilines is 3. The summed E-state index contributed by atoms with van der Waals surface area (Å²) in [5.74, 6) is 3.92. The Morgan fingerprint density at radius 2 is 1.85 bits per heavy atom. The van der Waals surface area contributed by atoms with E-state index in [1.807, 2.05) is 19.0 Å². The number of nitrogens with zero attached hydrogens (tertiary/aromatic N) is 5. The van der Waals surface area contributed by atoms with Crippen LogP contribution in [-0.2, 0) is 0 Å². The molecule has 1 N–H and O–H groups in total. The Balaban J connectivity index is 1.84. The van der Waals surface area contributed by atoms with E-state index < -0.39 is 0 Å². The minimum atomic E-state index is 0.679. The van der Waals surface area contributed by atoms with Crippen molar-refractivity contribution in [1.29, 1.82) is 0 Å². The van der Waals surface area contributed by atoms with Crippen LogP contribution in [0.1, 0.15) is 26.2 Å². The van der Waals surface area contributed by atoms with Gasteiger partial charge >= 0.3 is 0 Å². The van der Waals surface area contributed by atoms with Gasteiger partial charge in [0.25, 0.3) is 0 Å². The first-order chi connectivity index (χ1) is 9.67. The van der Waals surface area contributed by atoms with Crippen LogP contribution in [0.2, 0.25) is 0 Å². The van der Waals surface area contributed by atoms with Crippen LogP contribution in [0.5, 0.6) is 0 Å². The van der Waals surface area contributed by atoms with Gasteiger partial charge in [-0.25, -0.2) is 0 Å². The zero-order valence-electron chi connectivity index (χ0n) is 12.6. The van der Waals surface area contributed by atoms with Crippen LogP contribution in [0.4, 0.5) is 17.8 Å². The quantitative estimate of drug-likeness (QED) is 0.901. The number of aromatic nitrogens is 3. The average Bonchev–Trinajstić information content (AvgIpc) is 2.99. The van der Waals surface area contributed by atoms with Crippen molar-refractivity contribution in [2.24, 2.45) is 11.8 Å². The molecule has 2 atom stereocenters. The van der Waals surface area contributed by atoms with Gasteiger partial charge in [0, 0.05) is 33.7 Å². The number of nitrogens with one attached hydrogen (secondary N) is 1. The van der Waals surface area contributed by atoms with E-state index in [0.29, 0.717) is 5.95 Å². The van der Waals surface area contributed by atoms with Crippen molar-refractivity contribution in [3.63, 3.8) is 0 Å². The Morgan fingerprint density at radius 1 is 1.15 bits per heavy atom. The Bertz CT molecular complexity index is 463. The monoisotopic (exact) mass is 276 g/mol. The van der Waals surface area contributed by atoms with Gasteiger partial charge in [-0.05, 0) is 31.6 Å². The highest BCUT2D eigenvalue weighted by molar-refractivity contribution is 5.45. The molecule has 1 aliphatic heterocycles. The number of fused-ring (bicyclic) bond motifs is 1. The molecular formula is C14H24N6. The second-order valence-corrected chi connectivity index (χ2v) is 6.04. The highest BCUT2D eigenvalue weighted by Gasteiger charge is 2.37. The molecule has 20 heavy (non-hydrogen) atoms. The summed E-state index contributed by atoms with van der Waals surface area (Å²) in [4.78, 5) is 17.9. The van der Waals surface area contributed by atoms with E-state index in [1.54, 1.807) is 0 Å². The molecule has 0 bridgehead atoms. The topological polar surface area (TPSA) is 57.2 Å². The van der Waals surface area contributed by atoms with Gasteiger partial charge in [0.2, 0.25) is 17.8 Å². The number of hydrogen-bond acceptors (Lipinski definition) is 6. The zero-order chi connectivity index (χ0) is 14.1. The maximum Gasteiger partial charge on any atom is 0.231 e. The van der Waals surface area contributed by atoms with Crippen LogP contribution in [-0.4, -0.2) is 48.7 Å². The summed E-state index contributed by atoms with van der Waals surface area (Å²) >= 11 is 0. The molecule has 0 radical (unpaired) electrons. The number of rotatable bonds is 4. The summed E-state index contributed by atoms with van der Waals surface area (Å²) in [6, 6.07) is 0. The van der Waals surface area contributed by atoms with E-state index >= 15 is 0 Å². The van der Waals surface area contributed by atoms with E-state index in [9.17, 15) is 0 Å². The third kappa shape index (κ3) is 2.51. The molecule has 0 aromatic carbocycles. The lowest BCUT2D eigenvalue weighted by Crippen LogP contribution is -2.25. The van der Waals surface area contributed by atoms with E-state index in [4.69, 9.17) is 0 Å². The maximum atomic E-state index is 4.61. The van der Waals surface area contributed by atoms with Gasteiger partial charge in [-0.2, -0.15) is 15.0 Å². The molecule has 1 saturated heterocycles. The van der Waals surface area contributed by atoms with E-state index in [1.165, 1.54) is 19.3 Å². The largest absolute Gasteiger partial charge is 0.354 e. The fourth-order valence-electron chi connectivity index (χ4n) is 3.33. The molecule has 6 heteroatoms. The van der Waals surface area contributed by atoms with Crippen molar-refractivity contribution in [3.05, 3.63) is 0 Å². The Kier molecular flexibility index (Phi) is 3.63. The van der Waals surface area contributed by atoms with Gasteiger partial charge in [0.05, 0.1) is 0 Å². The first kappa shape index (κ1) is 13.4. The third-order valence-corrected chi connectivity index (χ3v) is 4.36. The van der Waals surface area contributed by atoms with Gasteiger partial charge in [0.15, 0.2) is 0 Å². The van der Waals surface area contributed by atoms with E-state index in [2.05, 4.69) is 32.1 Å². The summed E-state index contributed by atoms with van der Waals surface area (Å²) in [6.45, 7) is 5.08. The van der Waals surface area contributed by atoms with Crippen molar-refractivity contribution >= 4 is 17.8 Å². The van der Waals surface area contributed by atoms with Crippen LogP contribution in [0.25, 0.3) is 0 Å². The maximum absolute atomic E-state index is 4.61. The average molecular weight is 276 g/mol. The summed E-state index contributed by atoms with van der Waals surface area (Å²) in [7, 11) is 3.93. The Hall–Kier alpha value is -1.59. The zero-order valence-corrected chi connectivity index (χ0v) is 12.6. The van der Waals surface area contributed by atoms with Crippen molar-refractivity contribution in [1.82, 2.24) is 15.0 Å². The lowest BCUT2D eigenvalue weighted by Gasteiger charge is -2.20. The molecule has 0 spiro atoms. The molecule has 1 aromatic heterocycles. The van der Waals surface area contributed by atoms with Crippen LogP contribution < -0.4 is 15.1 Å². The van der Waals surface area contributed by atoms with Gasteiger partial charge in [-0.3, -0.25) is 0 Å². The van der Waals surface area contributed by atoms with Crippen LogP contribution in [0.3, 0.4) is 0 Å². The molecule has 3 rings (SSSR count). The second kappa shape index (κ2) is 5.42. The SMILES string of the molecule is CCNc1nc(N(C)C)nc(N2CC3CCCC3C2)n1. The molecule has 1 aliphatic carbocycles. The lowest BCUT2D eigenvalue weighted by molar-refractivity contribution is 0.494. The Labute approximate surface area is 120 Å². The minimum absolute atomic E-state index is 0.679. The molecule has 1 aromatic rings. The molecule has 2 fully saturated rings. The smallest absolute Gasteiger partial charge is 0.231 e. The Morgan fingerprint density at radius 3 is 2.45 bits per heavy atom. The molecule has 0 amide bonds. The molecule has 1 saturated carbocycles.